The number of rotatable bonds is 3. The molecule has 1 aromatic carbocycles. The number of aryl methyl sites for hydroxylation is 2. The van der Waals surface area contributed by atoms with E-state index in [1.807, 2.05) is 0 Å². The molecule has 1 N–H and O–H groups in total. The SMILES string of the molecule is Cc1cccc(OC2CCN(C(=O)Nc3ccc(=O)n(C)n3)CC2)c1F. The van der Waals surface area contributed by atoms with Gasteiger partial charge in [-0.25, -0.2) is 13.9 Å². The molecule has 2 aromatic rings. The number of hydrogen-bond donors (Lipinski definition) is 1. The predicted molar refractivity (Wildman–Crippen MR) is 94.9 cm³/mol. The van der Waals surface area contributed by atoms with Gasteiger partial charge in [0.2, 0.25) is 0 Å². The van der Waals surface area contributed by atoms with E-state index in [2.05, 4.69) is 10.4 Å². The number of hydrogen-bond acceptors (Lipinski definition) is 4. The van der Waals surface area contributed by atoms with Crippen LogP contribution >= 0.6 is 0 Å². The van der Waals surface area contributed by atoms with Gasteiger partial charge in [-0.2, -0.15) is 5.10 Å². The number of carbonyl (C=O) groups is 1. The van der Waals surface area contributed by atoms with Gasteiger partial charge in [-0.1, -0.05) is 12.1 Å². The molecule has 138 valence electrons. The van der Waals surface area contributed by atoms with Crippen molar-refractivity contribution in [3.63, 3.8) is 0 Å². The van der Waals surface area contributed by atoms with E-state index in [-0.39, 0.29) is 29.3 Å². The molecule has 2 amide bonds. The minimum absolute atomic E-state index is 0.133. The molecular formula is C18H21FN4O3. The van der Waals surface area contributed by atoms with E-state index >= 15 is 0 Å². The van der Waals surface area contributed by atoms with Gasteiger partial charge in [-0.05, 0) is 24.6 Å². The molecule has 1 aliphatic heterocycles. The fourth-order valence-corrected chi connectivity index (χ4v) is 2.83. The first-order valence-electron chi connectivity index (χ1n) is 8.46. The number of amides is 2. The maximum absolute atomic E-state index is 14.0. The van der Waals surface area contributed by atoms with Crippen LogP contribution in [0.4, 0.5) is 15.0 Å². The van der Waals surface area contributed by atoms with E-state index in [0.29, 0.717) is 37.3 Å². The van der Waals surface area contributed by atoms with Gasteiger partial charge in [0, 0.05) is 39.0 Å². The van der Waals surface area contributed by atoms with E-state index in [4.69, 9.17) is 4.74 Å². The third-order valence-electron chi connectivity index (χ3n) is 4.37. The first-order valence-corrected chi connectivity index (χ1v) is 8.46. The fourth-order valence-electron chi connectivity index (χ4n) is 2.83. The summed E-state index contributed by atoms with van der Waals surface area (Å²) >= 11 is 0. The Morgan fingerprint density at radius 2 is 2.00 bits per heavy atom. The number of ether oxygens (including phenoxy) is 1. The number of anilines is 1. The molecule has 8 heteroatoms. The Labute approximate surface area is 150 Å². The maximum atomic E-state index is 14.0. The molecule has 0 bridgehead atoms. The highest BCUT2D eigenvalue weighted by molar-refractivity contribution is 5.88. The van der Waals surface area contributed by atoms with Crippen molar-refractivity contribution in [3.8, 4) is 5.75 Å². The molecule has 0 aliphatic carbocycles. The summed E-state index contributed by atoms with van der Waals surface area (Å²) in [5, 5.41) is 6.65. The second kappa shape index (κ2) is 7.55. The highest BCUT2D eigenvalue weighted by Crippen LogP contribution is 2.24. The monoisotopic (exact) mass is 360 g/mol. The summed E-state index contributed by atoms with van der Waals surface area (Å²) in [6.07, 6.45) is 1.09. The van der Waals surface area contributed by atoms with Crippen LogP contribution in [0.25, 0.3) is 0 Å². The molecule has 7 nitrogen and oxygen atoms in total. The van der Waals surface area contributed by atoms with Crippen LogP contribution in [0, 0.1) is 12.7 Å². The molecule has 0 radical (unpaired) electrons. The van der Waals surface area contributed by atoms with E-state index in [0.717, 1.165) is 4.68 Å². The molecule has 0 saturated carbocycles. The molecule has 0 spiro atoms. The van der Waals surface area contributed by atoms with Gasteiger partial charge in [0.25, 0.3) is 5.56 Å². The topological polar surface area (TPSA) is 76.5 Å². The lowest BCUT2D eigenvalue weighted by Gasteiger charge is -2.32. The zero-order chi connectivity index (χ0) is 18.7. The highest BCUT2D eigenvalue weighted by Gasteiger charge is 2.25. The minimum atomic E-state index is -0.339. The Bertz CT molecular complexity index is 860. The third-order valence-corrected chi connectivity index (χ3v) is 4.37. The van der Waals surface area contributed by atoms with Crippen LogP contribution in [-0.2, 0) is 7.05 Å². The third kappa shape index (κ3) is 4.01. The van der Waals surface area contributed by atoms with Crippen molar-refractivity contribution in [1.29, 1.82) is 0 Å². The molecule has 0 unspecified atom stereocenters. The van der Waals surface area contributed by atoms with Crippen molar-refractivity contribution in [2.24, 2.45) is 7.05 Å². The van der Waals surface area contributed by atoms with Gasteiger partial charge in [0.1, 0.15) is 6.10 Å². The van der Waals surface area contributed by atoms with Gasteiger partial charge in [0.15, 0.2) is 17.4 Å². The molecule has 2 heterocycles. The number of aromatic nitrogens is 2. The highest BCUT2D eigenvalue weighted by atomic mass is 19.1. The minimum Gasteiger partial charge on any atom is -0.487 e. The van der Waals surface area contributed by atoms with Crippen LogP contribution < -0.4 is 15.6 Å². The van der Waals surface area contributed by atoms with Crippen molar-refractivity contribution in [2.45, 2.75) is 25.9 Å². The maximum Gasteiger partial charge on any atom is 0.323 e. The fraction of sp³-hybridized carbons (Fsp3) is 0.389. The van der Waals surface area contributed by atoms with E-state index < -0.39 is 0 Å². The largest absolute Gasteiger partial charge is 0.487 e. The molecule has 1 fully saturated rings. The smallest absolute Gasteiger partial charge is 0.323 e. The number of halogens is 1. The second-order valence-electron chi connectivity index (χ2n) is 6.30. The van der Waals surface area contributed by atoms with Crippen LogP contribution in [0.15, 0.2) is 35.1 Å². The number of urea groups is 1. The summed E-state index contributed by atoms with van der Waals surface area (Å²) < 4.78 is 21.0. The zero-order valence-corrected chi connectivity index (χ0v) is 14.7. The van der Waals surface area contributed by atoms with Gasteiger partial charge in [0.05, 0.1) is 0 Å². The second-order valence-corrected chi connectivity index (χ2v) is 6.30. The lowest BCUT2D eigenvalue weighted by atomic mass is 10.1. The first kappa shape index (κ1) is 17.9. The Morgan fingerprint density at radius 1 is 1.27 bits per heavy atom. The van der Waals surface area contributed by atoms with E-state index in [1.165, 1.54) is 19.2 Å². The van der Waals surface area contributed by atoms with Crippen LogP contribution in [0.5, 0.6) is 5.75 Å². The van der Waals surface area contributed by atoms with Crippen LogP contribution in [0.1, 0.15) is 18.4 Å². The Kier molecular flexibility index (Phi) is 5.20. The molecular weight excluding hydrogens is 339 g/mol. The van der Waals surface area contributed by atoms with Crippen LogP contribution in [0.3, 0.4) is 0 Å². The van der Waals surface area contributed by atoms with Gasteiger partial charge in [-0.3, -0.25) is 10.1 Å². The van der Waals surface area contributed by atoms with E-state index in [1.54, 1.807) is 30.0 Å². The van der Waals surface area contributed by atoms with Crippen molar-refractivity contribution in [1.82, 2.24) is 14.7 Å². The van der Waals surface area contributed by atoms with E-state index in [9.17, 15) is 14.0 Å². The number of nitrogens with zero attached hydrogens (tertiary/aromatic N) is 3. The average Bonchev–Trinajstić information content (AvgIpc) is 2.63. The summed E-state index contributed by atoms with van der Waals surface area (Å²) in [7, 11) is 1.52. The summed E-state index contributed by atoms with van der Waals surface area (Å²) in [5.74, 6) is 0.230. The van der Waals surface area contributed by atoms with Gasteiger partial charge < -0.3 is 9.64 Å². The number of nitrogens with one attached hydrogen (secondary N) is 1. The average molecular weight is 360 g/mol. The lowest BCUT2D eigenvalue weighted by molar-refractivity contribution is 0.111. The number of carbonyl (C=O) groups excluding carboxylic acids is 1. The quantitative estimate of drug-likeness (QED) is 0.911. The summed E-state index contributed by atoms with van der Waals surface area (Å²) in [6.45, 7) is 2.69. The number of piperidine rings is 1. The first-order chi connectivity index (χ1) is 12.4. The number of likely N-dealkylation sites (tertiary alicyclic amines) is 1. The Hall–Kier alpha value is -2.90. The molecule has 1 aliphatic rings. The van der Waals surface area contributed by atoms with Gasteiger partial charge in [-0.15, -0.1) is 0 Å². The standard InChI is InChI=1S/C18H21FN4O3/c1-12-4-3-5-14(17(12)19)26-13-8-10-23(11-9-13)18(25)20-15-6-7-16(24)22(2)21-15/h3-7,13H,8-11H2,1-2H3,(H,20,21,25). The molecule has 1 aromatic heterocycles. The molecule has 1 saturated heterocycles. The van der Waals surface area contributed by atoms with Crippen molar-refractivity contribution < 1.29 is 13.9 Å². The summed E-state index contributed by atoms with van der Waals surface area (Å²) in [4.78, 5) is 25.3. The predicted octanol–water partition coefficient (Wildman–Crippen LogP) is 2.30. The molecule has 0 atom stereocenters. The Morgan fingerprint density at radius 3 is 2.69 bits per heavy atom. The van der Waals surface area contributed by atoms with Crippen LogP contribution in [-0.4, -0.2) is 39.9 Å². The van der Waals surface area contributed by atoms with Crippen molar-refractivity contribution >= 4 is 11.8 Å². The van der Waals surface area contributed by atoms with Crippen LogP contribution in [0.2, 0.25) is 0 Å². The normalized spacial score (nSPS) is 15.0. The van der Waals surface area contributed by atoms with Gasteiger partial charge >= 0.3 is 6.03 Å². The number of benzene rings is 1. The van der Waals surface area contributed by atoms with Crippen molar-refractivity contribution in [2.75, 3.05) is 18.4 Å². The molecule has 26 heavy (non-hydrogen) atoms. The lowest BCUT2D eigenvalue weighted by Crippen LogP contribution is -2.44. The summed E-state index contributed by atoms with van der Waals surface area (Å²) in [5.41, 5.74) is 0.299. The van der Waals surface area contributed by atoms with Crippen molar-refractivity contribution in [3.05, 3.63) is 52.1 Å². The molecule has 3 rings (SSSR count). The summed E-state index contributed by atoms with van der Waals surface area (Å²) in [6, 6.07) is 7.61. The Balaban J connectivity index is 1.54. The zero-order valence-electron chi connectivity index (χ0n) is 14.7.